The summed E-state index contributed by atoms with van der Waals surface area (Å²) in [5.74, 6) is 1.62. The third kappa shape index (κ3) is 2.56. The summed E-state index contributed by atoms with van der Waals surface area (Å²) in [6.07, 6.45) is 3.80. The molecule has 0 N–H and O–H groups in total. The molecule has 0 spiro atoms. The molecule has 1 aliphatic heterocycles. The van der Waals surface area contributed by atoms with Crippen molar-refractivity contribution in [3.63, 3.8) is 0 Å². The normalized spacial score (nSPS) is 15.2. The average molecular weight is 290 g/mol. The zero-order valence-electron chi connectivity index (χ0n) is 11.3. The van der Waals surface area contributed by atoms with Gasteiger partial charge in [0.2, 0.25) is 0 Å². The Hall–Kier alpha value is -1.81. The van der Waals surface area contributed by atoms with Crippen LogP contribution in [-0.4, -0.2) is 33.4 Å². The van der Waals surface area contributed by atoms with Gasteiger partial charge in [-0.25, -0.2) is 4.98 Å². The molecule has 1 fully saturated rings. The number of aromatic nitrogens is 2. The second kappa shape index (κ2) is 5.29. The Balaban J connectivity index is 1.56. The van der Waals surface area contributed by atoms with Crippen LogP contribution in [-0.2, 0) is 6.54 Å². The van der Waals surface area contributed by atoms with Crippen molar-refractivity contribution >= 4 is 17.5 Å². The highest BCUT2D eigenvalue weighted by Gasteiger charge is 2.31. The summed E-state index contributed by atoms with van der Waals surface area (Å²) in [5.41, 5.74) is 0.701. The highest BCUT2D eigenvalue weighted by Crippen LogP contribution is 2.21. The van der Waals surface area contributed by atoms with Crippen molar-refractivity contribution in [2.24, 2.45) is 5.92 Å². The highest BCUT2D eigenvalue weighted by atomic mass is 35.5. The molecule has 20 heavy (non-hydrogen) atoms. The predicted molar refractivity (Wildman–Crippen MR) is 77.8 cm³/mol. The third-order valence-corrected chi connectivity index (χ3v) is 3.97. The maximum absolute atomic E-state index is 12.2. The van der Waals surface area contributed by atoms with Crippen molar-refractivity contribution in [1.29, 1.82) is 0 Å². The molecule has 1 aromatic carbocycles. The monoisotopic (exact) mass is 289 g/mol. The first-order chi connectivity index (χ1) is 9.63. The lowest BCUT2D eigenvalue weighted by atomic mass is 9.98. The standard InChI is InChI=1S/C15H16ClN3O/c1-11-17-6-7-18(11)8-12-9-19(10-12)15(20)13-2-4-14(16)5-3-13/h2-7,12H,8-10H2,1H3. The molecule has 4 nitrogen and oxygen atoms in total. The van der Waals surface area contributed by atoms with Crippen LogP contribution in [0.15, 0.2) is 36.7 Å². The number of halogens is 1. The quantitative estimate of drug-likeness (QED) is 0.871. The molecule has 5 heteroatoms. The second-order valence-electron chi connectivity index (χ2n) is 5.21. The van der Waals surface area contributed by atoms with Gasteiger partial charge in [0.1, 0.15) is 5.82 Å². The molecule has 0 radical (unpaired) electrons. The van der Waals surface area contributed by atoms with Crippen molar-refractivity contribution in [1.82, 2.24) is 14.5 Å². The third-order valence-electron chi connectivity index (χ3n) is 3.71. The van der Waals surface area contributed by atoms with E-state index in [4.69, 9.17) is 11.6 Å². The molecule has 1 aromatic heterocycles. The van der Waals surface area contributed by atoms with Gasteiger partial charge in [0, 0.05) is 48.5 Å². The van der Waals surface area contributed by atoms with Crippen LogP contribution in [0.3, 0.4) is 0 Å². The van der Waals surface area contributed by atoms with Crippen LogP contribution >= 0.6 is 11.6 Å². The number of carbonyl (C=O) groups is 1. The summed E-state index contributed by atoms with van der Waals surface area (Å²) in [7, 11) is 0. The van der Waals surface area contributed by atoms with Crippen LogP contribution < -0.4 is 0 Å². The van der Waals surface area contributed by atoms with Crippen LogP contribution in [0.2, 0.25) is 5.02 Å². The molecule has 1 saturated heterocycles. The second-order valence-corrected chi connectivity index (χ2v) is 5.65. The minimum atomic E-state index is 0.0836. The number of carbonyl (C=O) groups excluding carboxylic acids is 1. The zero-order chi connectivity index (χ0) is 14.1. The van der Waals surface area contributed by atoms with Crippen molar-refractivity contribution < 1.29 is 4.79 Å². The van der Waals surface area contributed by atoms with Gasteiger partial charge >= 0.3 is 0 Å². The van der Waals surface area contributed by atoms with Crippen molar-refractivity contribution in [3.8, 4) is 0 Å². The number of amides is 1. The molecule has 0 atom stereocenters. The lowest BCUT2D eigenvalue weighted by molar-refractivity contribution is 0.0467. The van der Waals surface area contributed by atoms with Crippen molar-refractivity contribution in [3.05, 3.63) is 53.1 Å². The van der Waals surface area contributed by atoms with Crippen LogP contribution in [0.5, 0.6) is 0 Å². The summed E-state index contributed by atoms with van der Waals surface area (Å²) >= 11 is 5.83. The van der Waals surface area contributed by atoms with Gasteiger partial charge in [-0.1, -0.05) is 11.6 Å². The molecule has 0 saturated carbocycles. The molecule has 3 rings (SSSR count). The summed E-state index contributed by atoms with van der Waals surface area (Å²) in [6, 6.07) is 7.05. The Morgan fingerprint density at radius 3 is 2.65 bits per heavy atom. The highest BCUT2D eigenvalue weighted by molar-refractivity contribution is 6.30. The van der Waals surface area contributed by atoms with Crippen LogP contribution in [0.1, 0.15) is 16.2 Å². The van der Waals surface area contributed by atoms with Crippen molar-refractivity contribution in [2.45, 2.75) is 13.5 Å². The van der Waals surface area contributed by atoms with E-state index >= 15 is 0 Å². The minimum absolute atomic E-state index is 0.0836. The summed E-state index contributed by atoms with van der Waals surface area (Å²) in [5, 5.41) is 0.651. The Morgan fingerprint density at radius 1 is 1.35 bits per heavy atom. The van der Waals surface area contributed by atoms with E-state index in [2.05, 4.69) is 9.55 Å². The van der Waals surface area contributed by atoms with Gasteiger partial charge in [0.15, 0.2) is 0 Å². The van der Waals surface area contributed by atoms with Gasteiger partial charge in [0.05, 0.1) is 0 Å². The smallest absolute Gasteiger partial charge is 0.253 e. The van der Waals surface area contributed by atoms with E-state index < -0.39 is 0 Å². The summed E-state index contributed by atoms with van der Waals surface area (Å²) < 4.78 is 2.13. The first-order valence-corrected chi connectivity index (χ1v) is 7.04. The van der Waals surface area contributed by atoms with Crippen LogP contribution in [0.4, 0.5) is 0 Å². The molecule has 1 amide bonds. The Kier molecular flexibility index (Phi) is 3.49. The fraction of sp³-hybridized carbons (Fsp3) is 0.333. The van der Waals surface area contributed by atoms with Gasteiger partial charge in [-0.15, -0.1) is 0 Å². The molecule has 104 valence electrons. The number of hydrogen-bond donors (Lipinski definition) is 0. The van der Waals surface area contributed by atoms with E-state index in [1.165, 1.54) is 0 Å². The fourth-order valence-electron chi connectivity index (χ4n) is 2.50. The topological polar surface area (TPSA) is 38.1 Å². The van der Waals surface area contributed by atoms with Crippen LogP contribution in [0, 0.1) is 12.8 Å². The Bertz CT molecular complexity index is 614. The van der Waals surface area contributed by atoms with Gasteiger partial charge in [-0.2, -0.15) is 0 Å². The van der Waals surface area contributed by atoms with Crippen LogP contribution in [0.25, 0.3) is 0 Å². The predicted octanol–water partition coefficient (Wildman–Crippen LogP) is 2.62. The number of imidazole rings is 1. The average Bonchev–Trinajstić information content (AvgIpc) is 2.79. The molecule has 0 aliphatic carbocycles. The number of aryl methyl sites for hydroxylation is 1. The van der Waals surface area contributed by atoms with Gasteiger partial charge in [-0.05, 0) is 31.2 Å². The molecule has 0 bridgehead atoms. The number of nitrogens with zero attached hydrogens (tertiary/aromatic N) is 3. The first kappa shape index (κ1) is 13.2. The number of rotatable bonds is 3. The van der Waals surface area contributed by atoms with Gasteiger partial charge in [-0.3, -0.25) is 4.79 Å². The molecule has 0 unspecified atom stereocenters. The molecule has 1 aliphatic rings. The fourth-order valence-corrected chi connectivity index (χ4v) is 2.63. The van der Waals surface area contributed by atoms with E-state index in [0.29, 0.717) is 16.5 Å². The summed E-state index contributed by atoms with van der Waals surface area (Å²) in [6.45, 7) is 4.53. The number of hydrogen-bond acceptors (Lipinski definition) is 2. The number of benzene rings is 1. The largest absolute Gasteiger partial charge is 0.338 e. The van der Waals surface area contributed by atoms with Gasteiger partial charge < -0.3 is 9.47 Å². The molecular weight excluding hydrogens is 274 g/mol. The van der Waals surface area contributed by atoms with E-state index in [1.807, 2.05) is 24.2 Å². The SMILES string of the molecule is Cc1nccn1CC1CN(C(=O)c2ccc(Cl)cc2)C1. The first-order valence-electron chi connectivity index (χ1n) is 6.66. The Morgan fingerprint density at radius 2 is 2.05 bits per heavy atom. The lowest BCUT2D eigenvalue weighted by Gasteiger charge is -2.39. The maximum atomic E-state index is 12.2. The van der Waals surface area contributed by atoms with E-state index in [0.717, 1.165) is 25.5 Å². The van der Waals surface area contributed by atoms with Crippen molar-refractivity contribution in [2.75, 3.05) is 13.1 Å². The van der Waals surface area contributed by atoms with E-state index in [9.17, 15) is 4.79 Å². The lowest BCUT2D eigenvalue weighted by Crippen LogP contribution is -2.51. The van der Waals surface area contributed by atoms with E-state index in [-0.39, 0.29) is 5.91 Å². The zero-order valence-corrected chi connectivity index (χ0v) is 12.0. The molecular formula is C15H16ClN3O. The molecule has 2 aromatic rings. The minimum Gasteiger partial charge on any atom is -0.338 e. The number of likely N-dealkylation sites (tertiary alicyclic amines) is 1. The van der Waals surface area contributed by atoms with Gasteiger partial charge in [0.25, 0.3) is 5.91 Å². The van der Waals surface area contributed by atoms with E-state index in [1.54, 1.807) is 24.3 Å². The maximum Gasteiger partial charge on any atom is 0.253 e. The Labute approximate surface area is 123 Å². The molecule has 2 heterocycles. The summed E-state index contributed by atoms with van der Waals surface area (Å²) in [4.78, 5) is 18.3.